The van der Waals surface area contributed by atoms with E-state index in [4.69, 9.17) is 11.6 Å². The number of halogens is 1. The molecule has 1 fully saturated rings. The van der Waals surface area contributed by atoms with Crippen LogP contribution in [0, 0.1) is 11.8 Å². The minimum atomic E-state index is -0.176. The molecule has 150 valence electrons. The van der Waals surface area contributed by atoms with Crippen molar-refractivity contribution < 1.29 is 4.79 Å². The molecule has 2 aromatic rings. The first-order valence-electron chi connectivity index (χ1n) is 9.64. The second-order valence-corrected chi connectivity index (χ2v) is 8.87. The molecule has 0 unspecified atom stereocenters. The molecule has 1 aliphatic rings. The van der Waals surface area contributed by atoms with E-state index in [1.807, 2.05) is 0 Å². The fourth-order valence-corrected chi connectivity index (χ4v) is 4.73. The summed E-state index contributed by atoms with van der Waals surface area (Å²) in [6.07, 6.45) is 5.05. The first-order valence-corrected chi connectivity index (χ1v) is 11.0. The first-order chi connectivity index (χ1) is 13.4. The average Bonchev–Trinajstić information content (AvgIpc) is 2.67. The number of hydrogen-bond donors (Lipinski definition) is 1. The normalized spacial score (nSPS) is 22.2. The van der Waals surface area contributed by atoms with Gasteiger partial charge in [0.05, 0.1) is 16.7 Å². The summed E-state index contributed by atoms with van der Waals surface area (Å²) in [7, 11) is 0. The van der Waals surface area contributed by atoms with E-state index < -0.39 is 0 Å². The van der Waals surface area contributed by atoms with E-state index in [0.29, 0.717) is 39.5 Å². The number of thioether (sulfide) groups is 1. The van der Waals surface area contributed by atoms with Crippen LogP contribution in [0.2, 0.25) is 5.02 Å². The number of aromatic nitrogens is 2. The predicted molar refractivity (Wildman–Crippen MR) is 116 cm³/mol. The summed E-state index contributed by atoms with van der Waals surface area (Å²) in [6.45, 7) is 8.51. The van der Waals surface area contributed by atoms with Gasteiger partial charge in [0.25, 0.3) is 5.56 Å². The van der Waals surface area contributed by atoms with Crippen LogP contribution in [0.1, 0.15) is 33.1 Å². The van der Waals surface area contributed by atoms with E-state index in [1.54, 1.807) is 24.3 Å². The fraction of sp³-hybridized carbons (Fsp3) is 0.476. The maximum absolute atomic E-state index is 12.8. The summed E-state index contributed by atoms with van der Waals surface area (Å²) in [6, 6.07) is 5.28. The number of carbonyl (C=O) groups is 1. The quantitative estimate of drug-likeness (QED) is 0.431. The van der Waals surface area contributed by atoms with Gasteiger partial charge in [-0.2, -0.15) is 0 Å². The molecule has 1 heterocycles. The van der Waals surface area contributed by atoms with Gasteiger partial charge in [0.2, 0.25) is 5.91 Å². The Kier molecular flexibility index (Phi) is 6.83. The van der Waals surface area contributed by atoms with Crippen LogP contribution in [0.15, 0.2) is 40.8 Å². The molecule has 1 aromatic heterocycles. The molecular weight excluding hydrogens is 394 g/mol. The van der Waals surface area contributed by atoms with Gasteiger partial charge >= 0.3 is 0 Å². The molecule has 28 heavy (non-hydrogen) atoms. The van der Waals surface area contributed by atoms with Crippen LogP contribution in [0.3, 0.4) is 0 Å². The lowest BCUT2D eigenvalue weighted by Crippen LogP contribution is -2.44. The van der Waals surface area contributed by atoms with Crippen molar-refractivity contribution in [2.24, 2.45) is 11.8 Å². The zero-order valence-electron chi connectivity index (χ0n) is 16.3. The SMILES string of the molecule is C=CCn1c(SCC(=O)N[C@H]2CCC[C@@H](C)[C@H]2C)nc2ccc(Cl)cc2c1=O. The molecule has 3 atom stereocenters. The second-order valence-electron chi connectivity index (χ2n) is 7.49. The van der Waals surface area contributed by atoms with Crippen LogP contribution >= 0.6 is 23.4 Å². The van der Waals surface area contributed by atoms with Crippen molar-refractivity contribution in [3.63, 3.8) is 0 Å². The highest BCUT2D eigenvalue weighted by Crippen LogP contribution is 2.29. The van der Waals surface area contributed by atoms with E-state index >= 15 is 0 Å². The van der Waals surface area contributed by atoms with Crippen LogP contribution in [-0.2, 0) is 11.3 Å². The monoisotopic (exact) mass is 419 g/mol. The number of nitrogens with zero attached hydrogens (tertiary/aromatic N) is 2. The molecule has 0 bridgehead atoms. The van der Waals surface area contributed by atoms with Crippen LogP contribution in [-0.4, -0.2) is 27.3 Å². The number of allylic oxidation sites excluding steroid dienone is 1. The van der Waals surface area contributed by atoms with Gasteiger partial charge in [-0.05, 0) is 36.5 Å². The third-order valence-electron chi connectivity index (χ3n) is 5.58. The van der Waals surface area contributed by atoms with Crippen molar-refractivity contribution in [3.05, 3.63) is 46.2 Å². The largest absolute Gasteiger partial charge is 0.352 e. The number of amides is 1. The summed E-state index contributed by atoms with van der Waals surface area (Å²) >= 11 is 7.30. The van der Waals surface area contributed by atoms with Gasteiger partial charge in [-0.3, -0.25) is 14.2 Å². The van der Waals surface area contributed by atoms with Gasteiger partial charge in [0.1, 0.15) is 0 Å². The fourth-order valence-electron chi connectivity index (χ4n) is 3.74. The number of fused-ring (bicyclic) bond motifs is 1. The van der Waals surface area contributed by atoms with Crippen LogP contribution in [0.25, 0.3) is 10.9 Å². The highest BCUT2D eigenvalue weighted by atomic mass is 35.5. The van der Waals surface area contributed by atoms with Crippen LogP contribution < -0.4 is 10.9 Å². The van der Waals surface area contributed by atoms with Gasteiger partial charge in [0, 0.05) is 17.6 Å². The number of carbonyl (C=O) groups excluding carboxylic acids is 1. The molecule has 5 nitrogen and oxygen atoms in total. The number of benzene rings is 1. The van der Waals surface area contributed by atoms with Crippen molar-refractivity contribution in [3.8, 4) is 0 Å². The smallest absolute Gasteiger partial charge is 0.262 e. The van der Waals surface area contributed by atoms with E-state index in [9.17, 15) is 9.59 Å². The van der Waals surface area contributed by atoms with Gasteiger partial charge in [0.15, 0.2) is 5.16 Å². The summed E-state index contributed by atoms with van der Waals surface area (Å²) in [5, 5.41) is 4.64. The molecule has 7 heteroatoms. The van der Waals surface area contributed by atoms with Crippen molar-refractivity contribution >= 4 is 40.2 Å². The maximum Gasteiger partial charge on any atom is 0.262 e. The topological polar surface area (TPSA) is 64.0 Å². The van der Waals surface area contributed by atoms with E-state index in [0.717, 1.165) is 12.8 Å². The minimum Gasteiger partial charge on any atom is -0.352 e. The molecule has 0 radical (unpaired) electrons. The Hall–Kier alpha value is -1.79. The van der Waals surface area contributed by atoms with Crippen molar-refractivity contribution in [1.82, 2.24) is 14.9 Å². The lowest BCUT2D eigenvalue weighted by Gasteiger charge is -2.34. The number of hydrogen-bond acceptors (Lipinski definition) is 4. The van der Waals surface area contributed by atoms with E-state index in [1.165, 1.54) is 22.7 Å². The number of nitrogens with one attached hydrogen (secondary N) is 1. The summed E-state index contributed by atoms with van der Waals surface area (Å²) in [4.78, 5) is 29.9. The van der Waals surface area contributed by atoms with Gasteiger partial charge in [-0.1, -0.05) is 56.1 Å². The van der Waals surface area contributed by atoms with Crippen molar-refractivity contribution in [2.45, 2.75) is 50.9 Å². The highest BCUT2D eigenvalue weighted by molar-refractivity contribution is 7.99. The Morgan fingerprint density at radius 2 is 2.21 bits per heavy atom. The Morgan fingerprint density at radius 3 is 2.96 bits per heavy atom. The molecule has 3 rings (SSSR count). The van der Waals surface area contributed by atoms with Crippen molar-refractivity contribution in [1.29, 1.82) is 0 Å². The molecular formula is C21H26ClN3O2S. The Balaban J connectivity index is 1.77. The standard InChI is InChI=1S/C21H26ClN3O2S/c1-4-10-25-20(27)16-11-15(22)8-9-18(16)24-21(25)28-12-19(26)23-17-7-5-6-13(2)14(17)3/h4,8-9,11,13-14,17H,1,5-7,10,12H2,2-3H3,(H,23,26)/t13-,14-,17+/m1/s1. The Morgan fingerprint density at radius 1 is 1.43 bits per heavy atom. The second kappa shape index (κ2) is 9.14. The maximum atomic E-state index is 12.8. The Bertz CT molecular complexity index is 943. The summed E-state index contributed by atoms with van der Waals surface area (Å²) in [5.74, 6) is 1.30. The van der Waals surface area contributed by atoms with Crippen LogP contribution in [0.5, 0.6) is 0 Å². The molecule has 1 aliphatic carbocycles. The average molecular weight is 420 g/mol. The summed E-state index contributed by atoms with van der Waals surface area (Å²) in [5.41, 5.74) is 0.400. The lowest BCUT2D eigenvalue weighted by molar-refractivity contribution is -0.120. The van der Waals surface area contributed by atoms with Gasteiger partial charge in [-0.15, -0.1) is 6.58 Å². The third-order valence-corrected chi connectivity index (χ3v) is 6.79. The highest BCUT2D eigenvalue weighted by Gasteiger charge is 2.28. The van der Waals surface area contributed by atoms with E-state index in [2.05, 4.69) is 30.7 Å². The lowest BCUT2D eigenvalue weighted by atomic mass is 9.78. The molecule has 0 spiro atoms. The zero-order chi connectivity index (χ0) is 20.3. The molecule has 1 amide bonds. The Labute approximate surface area is 174 Å². The number of rotatable bonds is 6. The molecule has 1 saturated carbocycles. The minimum absolute atomic E-state index is 0.0217. The molecule has 1 N–H and O–H groups in total. The van der Waals surface area contributed by atoms with Crippen molar-refractivity contribution in [2.75, 3.05) is 5.75 Å². The third kappa shape index (κ3) is 4.61. The van der Waals surface area contributed by atoms with Crippen LogP contribution in [0.4, 0.5) is 0 Å². The summed E-state index contributed by atoms with van der Waals surface area (Å²) < 4.78 is 1.54. The first kappa shape index (κ1) is 20.9. The predicted octanol–water partition coefficient (Wildman–Crippen LogP) is 4.27. The molecule has 0 saturated heterocycles. The van der Waals surface area contributed by atoms with E-state index in [-0.39, 0.29) is 23.3 Å². The van der Waals surface area contributed by atoms with Gasteiger partial charge in [-0.25, -0.2) is 4.98 Å². The molecule has 0 aliphatic heterocycles. The zero-order valence-corrected chi connectivity index (χ0v) is 17.9. The molecule has 1 aromatic carbocycles. The van der Waals surface area contributed by atoms with Gasteiger partial charge < -0.3 is 5.32 Å².